The Morgan fingerprint density at radius 3 is 2.25 bits per heavy atom. The minimum absolute atomic E-state index is 0.0335. The highest BCUT2D eigenvalue weighted by Gasteiger charge is 2.14. The van der Waals surface area contributed by atoms with Gasteiger partial charge in [0.25, 0.3) is 0 Å². The van der Waals surface area contributed by atoms with Crippen LogP contribution in [0.5, 0.6) is 0 Å². The van der Waals surface area contributed by atoms with Gasteiger partial charge in [-0.25, -0.2) is 0 Å². The number of carbonyl (C=O) groups excluding carboxylic acids is 1. The summed E-state index contributed by atoms with van der Waals surface area (Å²) < 4.78 is 0. The van der Waals surface area contributed by atoms with Gasteiger partial charge >= 0.3 is 0 Å². The molecule has 0 saturated carbocycles. The average Bonchev–Trinajstić information content (AvgIpc) is 2.45. The first-order valence-corrected chi connectivity index (χ1v) is 6.72. The van der Waals surface area contributed by atoms with Crippen LogP contribution in [0.3, 0.4) is 0 Å². The fourth-order valence-electron chi connectivity index (χ4n) is 1.96. The highest BCUT2D eigenvalue weighted by Crippen LogP contribution is 2.21. The Morgan fingerprint density at radius 2 is 1.70 bits per heavy atom. The molecular weight excluding hydrogens is 270 g/mol. The lowest BCUT2D eigenvalue weighted by Gasteiger charge is -2.23. The maximum absolute atomic E-state index is 11.9. The summed E-state index contributed by atoms with van der Waals surface area (Å²) in [7, 11) is 0. The van der Waals surface area contributed by atoms with E-state index in [1.165, 1.54) is 0 Å². The van der Waals surface area contributed by atoms with E-state index in [-0.39, 0.29) is 5.91 Å². The van der Waals surface area contributed by atoms with E-state index in [2.05, 4.69) is 6.58 Å². The maximum atomic E-state index is 11.9. The predicted octanol–water partition coefficient (Wildman–Crippen LogP) is 4.36. The zero-order chi connectivity index (χ0) is 14.5. The SMILES string of the molecule is C=C(c1ccc(Cl)cc1)N(Cc1ccccc1)C(C)=O. The normalized spacial score (nSPS) is 10.1. The van der Waals surface area contributed by atoms with Crippen LogP contribution in [0, 0.1) is 0 Å². The zero-order valence-corrected chi connectivity index (χ0v) is 12.1. The monoisotopic (exact) mass is 285 g/mol. The van der Waals surface area contributed by atoms with Crippen molar-refractivity contribution >= 4 is 23.2 Å². The zero-order valence-electron chi connectivity index (χ0n) is 11.3. The molecule has 2 rings (SSSR count). The van der Waals surface area contributed by atoms with E-state index in [0.717, 1.165) is 11.1 Å². The predicted molar refractivity (Wildman–Crippen MR) is 83.2 cm³/mol. The Labute approximate surface area is 124 Å². The van der Waals surface area contributed by atoms with E-state index in [9.17, 15) is 4.79 Å². The van der Waals surface area contributed by atoms with Gasteiger partial charge in [-0.2, -0.15) is 0 Å². The summed E-state index contributed by atoms with van der Waals surface area (Å²) in [5.41, 5.74) is 2.64. The molecule has 0 saturated heterocycles. The fourth-order valence-corrected chi connectivity index (χ4v) is 2.09. The average molecular weight is 286 g/mol. The Kier molecular flexibility index (Phi) is 4.59. The molecule has 3 heteroatoms. The van der Waals surface area contributed by atoms with Crippen molar-refractivity contribution in [2.75, 3.05) is 0 Å². The van der Waals surface area contributed by atoms with Crippen molar-refractivity contribution < 1.29 is 4.79 Å². The molecule has 0 aliphatic heterocycles. The van der Waals surface area contributed by atoms with E-state index >= 15 is 0 Å². The van der Waals surface area contributed by atoms with Crippen LogP contribution in [0.4, 0.5) is 0 Å². The lowest BCUT2D eigenvalue weighted by molar-refractivity contribution is -0.126. The van der Waals surface area contributed by atoms with Gasteiger partial charge in [0.05, 0.1) is 6.54 Å². The van der Waals surface area contributed by atoms with Gasteiger partial charge < -0.3 is 4.90 Å². The van der Waals surface area contributed by atoms with Crippen LogP contribution in [-0.2, 0) is 11.3 Å². The molecule has 2 nitrogen and oxygen atoms in total. The third-order valence-corrected chi connectivity index (χ3v) is 3.32. The number of amides is 1. The lowest BCUT2D eigenvalue weighted by atomic mass is 10.1. The fraction of sp³-hybridized carbons (Fsp3) is 0.118. The van der Waals surface area contributed by atoms with E-state index in [1.807, 2.05) is 42.5 Å². The Morgan fingerprint density at radius 1 is 1.10 bits per heavy atom. The molecule has 2 aromatic rings. The van der Waals surface area contributed by atoms with Crippen molar-refractivity contribution in [2.24, 2.45) is 0 Å². The summed E-state index contributed by atoms with van der Waals surface area (Å²) in [6.07, 6.45) is 0. The molecule has 20 heavy (non-hydrogen) atoms. The molecule has 0 aliphatic carbocycles. The Hall–Kier alpha value is -2.06. The molecule has 0 spiro atoms. The van der Waals surface area contributed by atoms with E-state index in [0.29, 0.717) is 17.3 Å². The molecule has 0 fully saturated rings. The molecule has 0 atom stereocenters. The highest BCUT2D eigenvalue weighted by molar-refractivity contribution is 6.30. The van der Waals surface area contributed by atoms with Crippen LogP contribution >= 0.6 is 11.6 Å². The summed E-state index contributed by atoms with van der Waals surface area (Å²) in [6, 6.07) is 17.2. The van der Waals surface area contributed by atoms with Gasteiger partial charge in [0, 0.05) is 17.6 Å². The second kappa shape index (κ2) is 6.40. The van der Waals surface area contributed by atoms with Crippen molar-refractivity contribution in [3.8, 4) is 0 Å². The van der Waals surface area contributed by atoms with Crippen molar-refractivity contribution in [1.29, 1.82) is 0 Å². The standard InChI is InChI=1S/C17H16ClNO/c1-13(16-8-10-17(18)11-9-16)19(14(2)20)12-15-6-4-3-5-7-15/h3-11H,1,12H2,2H3. The van der Waals surface area contributed by atoms with Crippen molar-refractivity contribution in [3.05, 3.63) is 77.3 Å². The van der Waals surface area contributed by atoms with Gasteiger partial charge in [-0.1, -0.05) is 60.6 Å². The van der Waals surface area contributed by atoms with Crippen LogP contribution in [0.15, 0.2) is 61.2 Å². The van der Waals surface area contributed by atoms with Crippen LogP contribution < -0.4 is 0 Å². The van der Waals surface area contributed by atoms with Gasteiger partial charge in [0.2, 0.25) is 5.91 Å². The molecule has 0 unspecified atom stereocenters. The van der Waals surface area contributed by atoms with Gasteiger partial charge in [-0.05, 0) is 23.3 Å². The molecule has 0 aromatic heterocycles. The van der Waals surface area contributed by atoms with Crippen molar-refractivity contribution in [3.63, 3.8) is 0 Å². The van der Waals surface area contributed by atoms with Gasteiger partial charge in [0.1, 0.15) is 0 Å². The molecule has 0 heterocycles. The number of benzene rings is 2. The summed E-state index contributed by atoms with van der Waals surface area (Å²) in [5.74, 6) is -0.0335. The summed E-state index contributed by atoms with van der Waals surface area (Å²) in [4.78, 5) is 13.5. The molecule has 2 aromatic carbocycles. The first-order chi connectivity index (χ1) is 9.58. The van der Waals surface area contributed by atoms with Crippen LogP contribution in [-0.4, -0.2) is 10.8 Å². The Balaban J connectivity index is 2.22. The molecule has 1 amide bonds. The number of carbonyl (C=O) groups is 1. The van der Waals surface area contributed by atoms with E-state index < -0.39 is 0 Å². The molecule has 0 radical (unpaired) electrons. The lowest BCUT2D eigenvalue weighted by Crippen LogP contribution is -2.26. The Bertz CT molecular complexity index is 605. The maximum Gasteiger partial charge on any atom is 0.224 e. The number of nitrogens with zero attached hydrogens (tertiary/aromatic N) is 1. The summed E-state index contributed by atoms with van der Waals surface area (Å²) in [5, 5.41) is 0.666. The number of halogens is 1. The van der Waals surface area contributed by atoms with Crippen molar-refractivity contribution in [1.82, 2.24) is 4.90 Å². The smallest absolute Gasteiger partial charge is 0.224 e. The van der Waals surface area contributed by atoms with Crippen LogP contribution in [0.1, 0.15) is 18.1 Å². The number of hydrogen-bond donors (Lipinski definition) is 0. The molecule has 102 valence electrons. The van der Waals surface area contributed by atoms with Crippen molar-refractivity contribution in [2.45, 2.75) is 13.5 Å². The molecule has 0 N–H and O–H groups in total. The first kappa shape index (κ1) is 14.4. The van der Waals surface area contributed by atoms with Crippen LogP contribution in [0.2, 0.25) is 5.02 Å². The quantitative estimate of drug-likeness (QED) is 0.817. The number of hydrogen-bond acceptors (Lipinski definition) is 1. The second-order valence-electron chi connectivity index (χ2n) is 4.54. The highest BCUT2D eigenvalue weighted by atomic mass is 35.5. The van der Waals surface area contributed by atoms with Gasteiger partial charge in [0.15, 0.2) is 0 Å². The van der Waals surface area contributed by atoms with E-state index in [1.54, 1.807) is 24.0 Å². The van der Waals surface area contributed by atoms with E-state index in [4.69, 9.17) is 11.6 Å². The van der Waals surface area contributed by atoms with Gasteiger partial charge in [-0.15, -0.1) is 0 Å². The van der Waals surface area contributed by atoms with Crippen LogP contribution in [0.25, 0.3) is 5.70 Å². The summed E-state index contributed by atoms with van der Waals surface area (Å²) in [6.45, 7) is 6.09. The number of rotatable bonds is 4. The minimum atomic E-state index is -0.0335. The third-order valence-electron chi connectivity index (χ3n) is 3.07. The third kappa shape index (κ3) is 3.49. The summed E-state index contributed by atoms with van der Waals surface area (Å²) >= 11 is 5.88. The minimum Gasteiger partial charge on any atom is -0.308 e. The molecular formula is C17H16ClNO. The first-order valence-electron chi connectivity index (χ1n) is 6.35. The molecule has 0 aliphatic rings. The van der Waals surface area contributed by atoms with Gasteiger partial charge in [-0.3, -0.25) is 4.79 Å². The largest absolute Gasteiger partial charge is 0.308 e. The molecule has 0 bridgehead atoms. The topological polar surface area (TPSA) is 20.3 Å². The second-order valence-corrected chi connectivity index (χ2v) is 4.98.